The van der Waals surface area contributed by atoms with E-state index in [9.17, 15) is 4.79 Å². The highest BCUT2D eigenvalue weighted by molar-refractivity contribution is 5.89. The van der Waals surface area contributed by atoms with Crippen LogP contribution in [0.1, 0.15) is 36.1 Å². The highest BCUT2D eigenvalue weighted by Gasteiger charge is 2.34. The molecule has 1 aromatic carbocycles. The lowest BCUT2D eigenvalue weighted by molar-refractivity contribution is -0.136. The number of aryl methyl sites for hydroxylation is 1. The van der Waals surface area contributed by atoms with Gasteiger partial charge in [0.2, 0.25) is 5.91 Å². The molecule has 3 heterocycles. The van der Waals surface area contributed by atoms with Gasteiger partial charge in [-0.15, -0.1) is 5.10 Å². The third-order valence-corrected chi connectivity index (χ3v) is 5.43. The first kappa shape index (κ1) is 14.7. The number of carbonyl (C=O) groups excluding carboxylic acids is 1. The molecule has 0 spiro atoms. The van der Waals surface area contributed by atoms with Crippen molar-refractivity contribution in [3.05, 3.63) is 47.9 Å². The molecule has 2 aliphatic rings. The first-order valence-corrected chi connectivity index (χ1v) is 8.91. The van der Waals surface area contributed by atoms with Crippen molar-refractivity contribution in [1.82, 2.24) is 24.5 Å². The quantitative estimate of drug-likeness (QED) is 0.735. The maximum Gasteiger partial charge on any atom is 0.227 e. The molecule has 0 bridgehead atoms. The van der Waals surface area contributed by atoms with Crippen LogP contribution >= 0.6 is 0 Å². The monoisotopic (exact) mass is 335 g/mol. The number of nitrogens with zero attached hydrogens (tertiary/aromatic N) is 5. The molecule has 1 saturated heterocycles. The van der Waals surface area contributed by atoms with Gasteiger partial charge in [-0.1, -0.05) is 23.4 Å². The lowest BCUT2D eigenvalue weighted by atomic mass is 10.1. The smallest absolute Gasteiger partial charge is 0.227 e. The van der Waals surface area contributed by atoms with Crippen LogP contribution in [0.4, 0.5) is 0 Å². The average molecular weight is 335 g/mol. The van der Waals surface area contributed by atoms with Gasteiger partial charge in [0.1, 0.15) is 0 Å². The summed E-state index contributed by atoms with van der Waals surface area (Å²) >= 11 is 0. The summed E-state index contributed by atoms with van der Waals surface area (Å²) in [6.07, 6.45) is 7.06. The average Bonchev–Trinajstić information content (AvgIpc) is 3.23. The number of hydrogen-bond donors (Lipinski definition) is 0. The van der Waals surface area contributed by atoms with E-state index in [1.807, 2.05) is 28.8 Å². The number of likely N-dealkylation sites (tertiary alicyclic amines) is 1. The van der Waals surface area contributed by atoms with Crippen LogP contribution in [-0.2, 0) is 18.3 Å². The number of hydrogen-bond acceptors (Lipinski definition) is 3. The summed E-state index contributed by atoms with van der Waals surface area (Å²) in [7, 11) is 2.03. The van der Waals surface area contributed by atoms with Crippen LogP contribution < -0.4 is 0 Å². The summed E-state index contributed by atoms with van der Waals surface area (Å²) in [6, 6.07) is 8.51. The predicted molar refractivity (Wildman–Crippen MR) is 94.2 cm³/mol. The van der Waals surface area contributed by atoms with Crippen molar-refractivity contribution >= 4 is 16.8 Å². The second-order valence-corrected chi connectivity index (χ2v) is 7.31. The number of amides is 1. The van der Waals surface area contributed by atoms with Gasteiger partial charge in [0.05, 0.1) is 18.2 Å². The molecule has 25 heavy (non-hydrogen) atoms. The van der Waals surface area contributed by atoms with Crippen molar-refractivity contribution in [2.24, 2.45) is 7.05 Å². The second-order valence-electron chi connectivity index (χ2n) is 7.31. The highest BCUT2D eigenvalue weighted by Crippen LogP contribution is 2.39. The third kappa shape index (κ3) is 2.52. The fourth-order valence-electron chi connectivity index (χ4n) is 3.70. The van der Waals surface area contributed by atoms with E-state index in [0.29, 0.717) is 12.3 Å². The van der Waals surface area contributed by atoms with Gasteiger partial charge >= 0.3 is 0 Å². The molecule has 0 atom stereocenters. The van der Waals surface area contributed by atoms with Crippen molar-refractivity contribution in [3.8, 4) is 0 Å². The first-order chi connectivity index (χ1) is 12.2. The highest BCUT2D eigenvalue weighted by atomic mass is 16.2. The Morgan fingerprint density at radius 1 is 1.20 bits per heavy atom. The van der Waals surface area contributed by atoms with Gasteiger partial charge < -0.3 is 9.47 Å². The zero-order chi connectivity index (χ0) is 17.0. The number of fused-ring (bicyclic) bond motifs is 1. The van der Waals surface area contributed by atoms with Crippen LogP contribution in [0.5, 0.6) is 0 Å². The molecule has 3 aromatic rings. The Labute approximate surface area is 146 Å². The molecule has 0 radical (unpaired) electrons. The molecule has 5 rings (SSSR count). The maximum atomic E-state index is 12.6. The van der Waals surface area contributed by atoms with Crippen molar-refractivity contribution in [2.45, 2.75) is 31.2 Å². The van der Waals surface area contributed by atoms with Gasteiger partial charge in [-0.3, -0.25) is 4.79 Å². The Bertz CT molecular complexity index is 946. The summed E-state index contributed by atoms with van der Waals surface area (Å²) in [5, 5.41) is 9.68. The maximum absolute atomic E-state index is 12.6. The van der Waals surface area contributed by atoms with Gasteiger partial charge in [0.15, 0.2) is 0 Å². The largest absolute Gasteiger partial charge is 0.350 e. The van der Waals surface area contributed by atoms with Crippen LogP contribution in [-0.4, -0.2) is 43.5 Å². The van der Waals surface area contributed by atoms with Gasteiger partial charge in [-0.2, -0.15) is 0 Å². The Morgan fingerprint density at radius 3 is 2.80 bits per heavy atom. The number of para-hydroxylation sites is 1. The summed E-state index contributed by atoms with van der Waals surface area (Å²) in [5.41, 5.74) is 3.38. The standard InChI is InChI=1S/C19H21N5O/c1-22-9-14(16-4-2-3-5-18(16)22)8-19(25)23-10-15(11-23)24-12-17(20-21-24)13-6-7-13/h2-5,9,12-13,15H,6-8,10-11H2,1H3. The van der Waals surface area contributed by atoms with E-state index in [1.54, 1.807) is 0 Å². The number of carbonyl (C=O) groups is 1. The van der Waals surface area contributed by atoms with Crippen LogP contribution in [0.15, 0.2) is 36.7 Å². The van der Waals surface area contributed by atoms with E-state index < -0.39 is 0 Å². The second kappa shape index (κ2) is 5.44. The van der Waals surface area contributed by atoms with Crippen LogP contribution in [0, 0.1) is 0 Å². The van der Waals surface area contributed by atoms with Crippen molar-refractivity contribution < 1.29 is 4.79 Å². The third-order valence-electron chi connectivity index (χ3n) is 5.43. The van der Waals surface area contributed by atoms with E-state index in [0.717, 1.165) is 24.3 Å². The van der Waals surface area contributed by atoms with Crippen molar-refractivity contribution in [3.63, 3.8) is 0 Å². The summed E-state index contributed by atoms with van der Waals surface area (Å²) in [5.74, 6) is 0.813. The Kier molecular flexibility index (Phi) is 3.20. The van der Waals surface area contributed by atoms with Crippen LogP contribution in [0.25, 0.3) is 10.9 Å². The molecule has 6 heteroatoms. The molecule has 2 fully saturated rings. The lowest BCUT2D eigenvalue weighted by Crippen LogP contribution is -2.51. The molecule has 2 aromatic heterocycles. The molecule has 1 amide bonds. The Morgan fingerprint density at radius 2 is 2.00 bits per heavy atom. The molecule has 0 N–H and O–H groups in total. The molecular weight excluding hydrogens is 314 g/mol. The number of benzene rings is 1. The first-order valence-electron chi connectivity index (χ1n) is 8.91. The molecule has 128 valence electrons. The predicted octanol–water partition coefficient (Wildman–Crippen LogP) is 2.27. The molecule has 1 saturated carbocycles. The van der Waals surface area contributed by atoms with E-state index in [1.165, 1.54) is 23.7 Å². The minimum Gasteiger partial charge on any atom is -0.350 e. The van der Waals surface area contributed by atoms with E-state index in [4.69, 9.17) is 0 Å². The number of aromatic nitrogens is 4. The Hall–Kier alpha value is -2.63. The number of rotatable bonds is 4. The van der Waals surface area contributed by atoms with E-state index in [-0.39, 0.29) is 11.9 Å². The zero-order valence-electron chi connectivity index (χ0n) is 14.3. The topological polar surface area (TPSA) is 56.0 Å². The van der Waals surface area contributed by atoms with Gasteiger partial charge in [0.25, 0.3) is 0 Å². The van der Waals surface area contributed by atoms with Crippen LogP contribution in [0.2, 0.25) is 0 Å². The summed E-state index contributed by atoms with van der Waals surface area (Å²) in [6.45, 7) is 1.47. The van der Waals surface area contributed by atoms with Crippen molar-refractivity contribution in [1.29, 1.82) is 0 Å². The summed E-state index contributed by atoms with van der Waals surface area (Å²) in [4.78, 5) is 14.5. The molecular formula is C19H21N5O. The zero-order valence-corrected chi connectivity index (χ0v) is 14.3. The minimum absolute atomic E-state index is 0.190. The molecule has 6 nitrogen and oxygen atoms in total. The van der Waals surface area contributed by atoms with E-state index >= 15 is 0 Å². The summed E-state index contributed by atoms with van der Waals surface area (Å²) < 4.78 is 4.03. The normalized spacial score (nSPS) is 17.9. The van der Waals surface area contributed by atoms with Crippen molar-refractivity contribution in [2.75, 3.05) is 13.1 Å². The minimum atomic E-state index is 0.190. The molecule has 0 unspecified atom stereocenters. The van der Waals surface area contributed by atoms with Gasteiger partial charge in [-0.25, -0.2) is 4.68 Å². The molecule has 1 aliphatic carbocycles. The Balaban J connectivity index is 1.25. The van der Waals surface area contributed by atoms with Gasteiger partial charge in [-0.05, 0) is 24.5 Å². The fourth-order valence-corrected chi connectivity index (χ4v) is 3.70. The van der Waals surface area contributed by atoms with E-state index in [2.05, 4.69) is 39.4 Å². The fraction of sp³-hybridized carbons (Fsp3) is 0.421. The molecule has 1 aliphatic heterocycles. The van der Waals surface area contributed by atoms with Crippen LogP contribution in [0.3, 0.4) is 0 Å². The van der Waals surface area contributed by atoms with Gasteiger partial charge in [0, 0.05) is 49.4 Å². The SMILES string of the molecule is Cn1cc(CC(=O)N2CC(n3cc(C4CC4)nn3)C2)c2ccccc21. The lowest BCUT2D eigenvalue weighted by Gasteiger charge is -2.38.